The van der Waals surface area contributed by atoms with Gasteiger partial charge in [0.05, 0.1) is 0 Å². The fraction of sp³-hybridized carbons (Fsp3) is 0.333. The van der Waals surface area contributed by atoms with Crippen molar-refractivity contribution in [3.63, 3.8) is 0 Å². The monoisotopic (exact) mass is 257 g/mol. The van der Waals surface area contributed by atoms with Crippen molar-refractivity contribution in [3.8, 4) is 0 Å². The number of unbranched alkanes of at least 4 members (excludes halogenated alkanes) is 2. The van der Waals surface area contributed by atoms with E-state index in [2.05, 4.69) is 10.4 Å². The molecule has 100 valence electrons. The van der Waals surface area contributed by atoms with Gasteiger partial charge in [-0.15, -0.1) is 0 Å². The van der Waals surface area contributed by atoms with E-state index in [-0.39, 0.29) is 5.91 Å². The van der Waals surface area contributed by atoms with Gasteiger partial charge in [0.1, 0.15) is 0 Å². The van der Waals surface area contributed by atoms with E-state index in [9.17, 15) is 4.79 Å². The summed E-state index contributed by atoms with van der Waals surface area (Å²) in [6.45, 7) is 1.67. The predicted molar refractivity (Wildman–Crippen MR) is 74.9 cm³/mol. The average molecular weight is 257 g/mol. The highest BCUT2D eigenvalue weighted by Crippen LogP contribution is 2.00. The Kier molecular flexibility index (Phi) is 5.17. The minimum Gasteiger partial charge on any atom is -0.352 e. The summed E-state index contributed by atoms with van der Waals surface area (Å²) >= 11 is 0. The van der Waals surface area contributed by atoms with Gasteiger partial charge in [-0.05, 0) is 37.5 Å². The molecule has 4 heteroatoms. The first-order valence-corrected chi connectivity index (χ1v) is 6.67. The summed E-state index contributed by atoms with van der Waals surface area (Å²) in [6.07, 6.45) is 6.94. The molecule has 1 amide bonds. The molecule has 0 radical (unpaired) electrons. The normalized spacial score (nSPS) is 10.3. The van der Waals surface area contributed by atoms with E-state index in [0.29, 0.717) is 0 Å². The number of hydrogen-bond donors (Lipinski definition) is 1. The summed E-state index contributed by atoms with van der Waals surface area (Å²) in [4.78, 5) is 11.7. The number of rotatable bonds is 7. The van der Waals surface area contributed by atoms with Gasteiger partial charge in [0, 0.05) is 31.0 Å². The Morgan fingerprint density at radius 3 is 2.68 bits per heavy atom. The number of hydrogen-bond acceptors (Lipinski definition) is 2. The van der Waals surface area contributed by atoms with Gasteiger partial charge in [-0.1, -0.05) is 18.2 Å². The number of nitrogens with zero attached hydrogens (tertiary/aromatic N) is 2. The molecule has 1 aromatic carbocycles. The zero-order valence-electron chi connectivity index (χ0n) is 11.0. The lowest BCUT2D eigenvalue weighted by molar-refractivity contribution is 0.0953. The first kappa shape index (κ1) is 13.3. The standard InChI is InChI=1S/C15H19N3O/c19-15(14-8-3-1-4-9-14)16-10-5-2-6-12-18-13-7-11-17-18/h1,3-4,7-9,11,13H,2,5-6,10,12H2,(H,16,19). The molecule has 1 aromatic heterocycles. The maximum absolute atomic E-state index is 11.7. The number of benzene rings is 1. The summed E-state index contributed by atoms with van der Waals surface area (Å²) in [5.74, 6) is 0.00711. The van der Waals surface area contributed by atoms with Gasteiger partial charge in [-0.2, -0.15) is 5.10 Å². The fourth-order valence-electron chi connectivity index (χ4n) is 1.90. The van der Waals surface area contributed by atoms with Crippen LogP contribution in [0.1, 0.15) is 29.6 Å². The van der Waals surface area contributed by atoms with E-state index in [0.717, 1.165) is 37.9 Å². The Morgan fingerprint density at radius 1 is 1.11 bits per heavy atom. The Balaban J connectivity index is 1.56. The predicted octanol–water partition coefficient (Wildman–Crippen LogP) is 2.48. The van der Waals surface area contributed by atoms with Gasteiger partial charge >= 0.3 is 0 Å². The maximum Gasteiger partial charge on any atom is 0.251 e. The summed E-state index contributed by atoms with van der Waals surface area (Å²) in [5.41, 5.74) is 0.721. The van der Waals surface area contributed by atoms with Crippen LogP contribution >= 0.6 is 0 Å². The molecule has 19 heavy (non-hydrogen) atoms. The van der Waals surface area contributed by atoms with Gasteiger partial charge in [-0.3, -0.25) is 9.48 Å². The first-order chi connectivity index (χ1) is 9.36. The van der Waals surface area contributed by atoms with Crippen LogP contribution in [-0.4, -0.2) is 22.2 Å². The van der Waals surface area contributed by atoms with Crippen molar-refractivity contribution < 1.29 is 4.79 Å². The fourth-order valence-corrected chi connectivity index (χ4v) is 1.90. The minimum atomic E-state index is 0.00711. The molecule has 0 bridgehead atoms. The van der Waals surface area contributed by atoms with Crippen LogP contribution < -0.4 is 5.32 Å². The minimum absolute atomic E-state index is 0.00711. The van der Waals surface area contributed by atoms with Crippen LogP contribution in [0, 0.1) is 0 Å². The molecule has 0 aliphatic heterocycles. The molecular weight excluding hydrogens is 238 g/mol. The zero-order valence-corrected chi connectivity index (χ0v) is 11.0. The van der Waals surface area contributed by atoms with Crippen molar-refractivity contribution in [1.82, 2.24) is 15.1 Å². The summed E-state index contributed by atoms with van der Waals surface area (Å²) in [7, 11) is 0. The van der Waals surface area contributed by atoms with Crippen molar-refractivity contribution in [3.05, 3.63) is 54.4 Å². The summed E-state index contributed by atoms with van der Waals surface area (Å²) < 4.78 is 1.93. The number of carbonyl (C=O) groups excluding carboxylic acids is 1. The third-order valence-electron chi connectivity index (χ3n) is 2.94. The van der Waals surface area contributed by atoms with Crippen LogP contribution in [0.15, 0.2) is 48.8 Å². The zero-order chi connectivity index (χ0) is 13.3. The molecule has 0 spiro atoms. The van der Waals surface area contributed by atoms with E-state index >= 15 is 0 Å². The molecule has 1 heterocycles. The van der Waals surface area contributed by atoms with E-state index in [1.165, 1.54) is 0 Å². The van der Waals surface area contributed by atoms with Gasteiger partial charge in [-0.25, -0.2) is 0 Å². The van der Waals surface area contributed by atoms with Gasteiger partial charge in [0.2, 0.25) is 0 Å². The number of carbonyl (C=O) groups is 1. The Labute approximate surface area is 113 Å². The van der Waals surface area contributed by atoms with E-state index in [1.54, 1.807) is 6.20 Å². The largest absolute Gasteiger partial charge is 0.352 e. The van der Waals surface area contributed by atoms with Gasteiger partial charge < -0.3 is 5.32 Å². The molecule has 0 atom stereocenters. The van der Waals surface area contributed by atoms with Crippen molar-refractivity contribution in [1.29, 1.82) is 0 Å². The number of amides is 1. The lowest BCUT2D eigenvalue weighted by Crippen LogP contribution is -2.24. The summed E-state index contributed by atoms with van der Waals surface area (Å²) in [5, 5.41) is 7.08. The Morgan fingerprint density at radius 2 is 1.95 bits per heavy atom. The van der Waals surface area contributed by atoms with Crippen LogP contribution in [0.2, 0.25) is 0 Å². The van der Waals surface area contributed by atoms with Crippen LogP contribution in [0.25, 0.3) is 0 Å². The highest BCUT2D eigenvalue weighted by atomic mass is 16.1. The second kappa shape index (κ2) is 7.36. The van der Waals surface area contributed by atoms with E-state index in [4.69, 9.17) is 0 Å². The molecule has 0 aliphatic carbocycles. The molecule has 0 saturated heterocycles. The van der Waals surface area contributed by atoms with Gasteiger partial charge in [0.25, 0.3) is 5.91 Å². The Hall–Kier alpha value is -2.10. The highest BCUT2D eigenvalue weighted by Gasteiger charge is 2.02. The topological polar surface area (TPSA) is 46.9 Å². The average Bonchev–Trinajstić information content (AvgIpc) is 2.96. The second-order valence-electron chi connectivity index (χ2n) is 4.45. The first-order valence-electron chi connectivity index (χ1n) is 6.67. The van der Waals surface area contributed by atoms with E-state index in [1.807, 2.05) is 47.3 Å². The van der Waals surface area contributed by atoms with Crippen LogP contribution in [-0.2, 0) is 6.54 Å². The quantitative estimate of drug-likeness (QED) is 0.775. The van der Waals surface area contributed by atoms with Crippen LogP contribution in [0.5, 0.6) is 0 Å². The number of nitrogens with one attached hydrogen (secondary N) is 1. The van der Waals surface area contributed by atoms with Crippen molar-refractivity contribution in [2.24, 2.45) is 0 Å². The Bertz CT molecular complexity index is 479. The number of aryl methyl sites for hydroxylation is 1. The van der Waals surface area contributed by atoms with E-state index < -0.39 is 0 Å². The SMILES string of the molecule is O=C(NCCCCCn1cccn1)c1ccccc1. The molecule has 2 rings (SSSR count). The summed E-state index contributed by atoms with van der Waals surface area (Å²) in [6, 6.07) is 11.2. The maximum atomic E-state index is 11.7. The molecule has 1 N–H and O–H groups in total. The number of aromatic nitrogens is 2. The van der Waals surface area contributed by atoms with Crippen molar-refractivity contribution >= 4 is 5.91 Å². The smallest absolute Gasteiger partial charge is 0.251 e. The van der Waals surface area contributed by atoms with Crippen LogP contribution in [0.3, 0.4) is 0 Å². The van der Waals surface area contributed by atoms with Crippen molar-refractivity contribution in [2.75, 3.05) is 6.54 Å². The third-order valence-corrected chi connectivity index (χ3v) is 2.94. The van der Waals surface area contributed by atoms with Crippen molar-refractivity contribution in [2.45, 2.75) is 25.8 Å². The molecule has 0 aliphatic rings. The molecule has 4 nitrogen and oxygen atoms in total. The molecule has 2 aromatic rings. The lowest BCUT2D eigenvalue weighted by atomic mass is 10.2. The molecule has 0 saturated carbocycles. The lowest BCUT2D eigenvalue weighted by Gasteiger charge is -2.05. The molecule has 0 unspecified atom stereocenters. The third kappa shape index (κ3) is 4.58. The second-order valence-corrected chi connectivity index (χ2v) is 4.45. The molecule has 0 fully saturated rings. The highest BCUT2D eigenvalue weighted by molar-refractivity contribution is 5.94. The molecular formula is C15H19N3O. The van der Waals surface area contributed by atoms with Crippen LogP contribution in [0.4, 0.5) is 0 Å². The van der Waals surface area contributed by atoms with Gasteiger partial charge in [0.15, 0.2) is 0 Å².